The highest BCUT2D eigenvalue weighted by Gasteiger charge is 2.20. The molecular formula is C13H28N2O2. The van der Waals surface area contributed by atoms with Crippen LogP contribution < -0.4 is 5.32 Å². The van der Waals surface area contributed by atoms with Crippen LogP contribution >= 0.6 is 0 Å². The summed E-state index contributed by atoms with van der Waals surface area (Å²) < 4.78 is 10.4. The van der Waals surface area contributed by atoms with Crippen molar-refractivity contribution in [1.82, 2.24) is 10.2 Å². The lowest BCUT2D eigenvalue weighted by molar-refractivity contribution is 0.0757. The van der Waals surface area contributed by atoms with E-state index in [2.05, 4.69) is 17.1 Å². The van der Waals surface area contributed by atoms with Gasteiger partial charge in [0.1, 0.15) is 0 Å². The van der Waals surface area contributed by atoms with E-state index >= 15 is 0 Å². The monoisotopic (exact) mass is 244 g/mol. The maximum Gasteiger partial charge on any atom is 0.0615 e. The van der Waals surface area contributed by atoms with Gasteiger partial charge in [-0.3, -0.25) is 4.90 Å². The molecule has 0 aromatic rings. The van der Waals surface area contributed by atoms with E-state index in [-0.39, 0.29) is 0 Å². The Bertz CT molecular complexity index is 186. The van der Waals surface area contributed by atoms with Gasteiger partial charge in [0.05, 0.1) is 13.2 Å². The fraction of sp³-hybridized carbons (Fsp3) is 1.00. The van der Waals surface area contributed by atoms with Crippen LogP contribution in [0.3, 0.4) is 0 Å². The third-order valence-corrected chi connectivity index (χ3v) is 3.32. The quantitative estimate of drug-likeness (QED) is 0.549. The molecule has 1 fully saturated rings. The summed E-state index contributed by atoms with van der Waals surface area (Å²) in [4.78, 5) is 2.42. The first-order valence-electron chi connectivity index (χ1n) is 6.70. The lowest BCUT2D eigenvalue weighted by atomic mass is 10.3. The average Bonchev–Trinajstić information content (AvgIpc) is 3.12. The molecule has 1 saturated carbocycles. The van der Waals surface area contributed by atoms with Crippen molar-refractivity contribution in [2.24, 2.45) is 5.92 Å². The fourth-order valence-corrected chi connectivity index (χ4v) is 1.96. The Hall–Kier alpha value is -0.160. The van der Waals surface area contributed by atoms with Gasteiger partial charge in [-0.25, -0.2) is 0 Å². The number of methoxy groups -OCH3 is 2. The summed E-state index contributed by atoms with van der Waals surface area (Å²) in [5, 5.41) is 3.53. The van der Waals surface area contributed by atoms with Crippen LogP contribution in [0.4, 0.5) is 0 Å². The Morgan fingerprint density at radius 1 is 1.24 bits per heavy atom. The summed E-state index contributed by atoms with van der Waals surface area (Å²) in [5.74, 6) is 0.957. The maximum absolute atomic E-state index is 5.22. The van der Waals surface area contributed by atoms with Crippen LogP contribution in [-0.4, -0.2) is 64.6 Å². The summed E-state index contributed by atoms with van der Waals surface area (Å²) in [6, 6.07) is 0.456. The Balaban J connectivity index is 2.12. The Morgan fingerprint density at radius 3 is 2.59 bits per heavy atom. The van der Waals surface area contributed by atoms with Crippen molar-refractivity contribution >= 4 is 0 Å². The van der Waals surface area contributed by atoms with Gasteiger partial charge in [-0.2, -0.15) is 0 Å². The molecule has 1 rings (SSSR count). The third-order valence-electron chi connectivity index (χ3n) is 3.32. The Labute approximate surface area is 106 Å². The minimum absolute atomic E-state index is 0.456. The lowest BCUT2D eigenvalue weighted by Gasteiger charge is -2.28. The molecule has 102 valence electrons. The van der Waals surface area contributed by atoms with Crippen LogP contribution in [0, 0.1) is 5.92 Å². The van der Waals surface area contributed by atoms with E-state index in [1.54, 1.807) is 14.2 Å². The highest BCUT2D eigenvalue weighted by atomic mass is 16.5. The van der Waals surface area contributed by atoms with Crippen molar-refractivity contribution in [3.63, 3.8) is 0 Å². The number of nitrogens with one attached hydrogen (secondary N) is 1. The SMILES string of the molecule is COCCN(CCNCC1CC1)C(C)COC. The van der Waals surface area contributed by atoms with E-state index in [4.69, 9.17) is 9.47 Å². The molecule has 0 aromatic heterocycles. The summed E-state index contributed by atoms with van der Waals surface area (Å²) in [7, 11) is 3.51. The smallest absolute Gasteiger partial charge is 0.0615 e. The van der Waals surface area contributed by atoms with Gasteiger partial charge in [0, 0.05) is 39.9 Å². The molecule has 1 aliphatic rings. The standard InChI is InChI=1S/C13H28N2O2/c1-12(11-17-3)15(8-9-16-2)7-6-14-10-13-4-5-13/h12-14H,4-11H2,1-3H3. The molecule has 1 aliphatic carbocycles. The first-order valence-corrected chi connectivity index (χ1v) is 6.70. The zero-order valence-electron chi connectivity index (χ0n) is 11.6. The van der Waals surface area contributed by atoms with Gasteiger partial charge in [-0.15, -0.1) is 0 Å². The molecule has 0 amide bonds. The van der Waals surface area contributed by atoms with Crippen LogP contribution in [0.2, 0.25) is 0 Å². The summed E-state index contributed by atoms with van der Waals surface area (Å²) in [5.41, 5.74) is 0. The zero-order valence-corrected chi connectivity index (χ0v) is 11.6. The highest BCUT2D eigenvalue weighted by molar-refractivity contribution is 4.76. The van der Waals surface area contributed by atoms with Crippen molar-refractivity contribution in [1.29, 1.82) is 0 Å². The van der Waals surface area contributed by atoms with E-state index in [1.807, 2.05) is 0 Å². The van der Waals surface area contributed by atoms with E-state index in [1.165, 1.54) is 19.4 Å². The molecule has 17 heavy (non-hydrogen) atoms. The molecule has 1 unspecified atom stereocenters. The minimum atomic E-state index is 0.456. The molecule has 0 bridgehead atoms. The first kappa shape index (κ1) is 14.9. The fourth-order valence-electron chi connectivity index (χ4n) is 1.96. The summed E-state index contributed by atoms with van der Waals surface area (Å²) in [6.07, 6.45) is 2.83. The Kier molecular flexibility index (Phi) is 7.77. The molecule has 4 heteroatoms. The largest absolute Gasteiger partial charge is 0.383 e. The summed E-state index contributed by atoms with van der Waals surface area (Å²) in [6.45, 7) is 8.08. The number of hydrogen-bond acceptors (Lipinski definition) is 4. The number of hydrogen-bond donors (Lipinski definition) is 1. The van der Waals surface area contributed by atoms with Gasteiger partial charge < -0.3 is 14.8 Å². The van der Waals surface area contributed by atoms with Crippen molar-refractivity contribution in [3.05, 3.63) is 0 Å². The van der Waals surface area contributed by atoms with E-state index in [0.29, 0.717) is 6.04 Å². The highest BCUT2D eigenvalue weighted by Crippen LogP contribution is 2.27. The van der Waals surface area contributed by atoms with Gasteiger partial charge in [0.15, 0.2) is 0 Å². The van der Waals surface area contributed by atoms with Crippen molar-refractivity contribution < 1.29 is 9.47 Å². The second-order valence-electron chi connectivity index (χ2n) is 4.98. The van der Waals surface area contributed by atoms with E-state index < -0.39 is 0 Å². The van der Waals surface area contributed by atoms with Gasteiger partial charge in [0.2, 0.25) is 0 Å². The van der Waals surface area contributed by atoms with E-state index in [9.17, 15) is 0 Å². The van der Waals surface area contributed by atoms with Crippen molar-refractivity contribution in [3.8, 4) is 0 Å². The predicted octanol–water partition coefficient (Wildman–Crippen LogP) is 0.969. The van der Waals surface area contributed by atoms with Crippen LogP contribution in [0.25, 0.3) is 0 Å². The number of ether oxygens (including phenoxy) is 2. The average molecular weight is 244 g/mol. The second-order valence-corrected chi connectivity index (χ2v) is 4.98. The molecule has 1 N–H and O–H groups in total. The van der Waals surface area contributed by atoms with Gasteiger partial charge in [-0.05, 0) is 32.2 Å². The maximum atomic E-state index is 5.22. The predicted molar refractivity (Wildman–Crippen MR) is 70.4 cm³/mol. The van der Waals surface area contributed by atoms with Crippen LogP contribution in [-0.2, 0) is 9.47 Å². The number of nitrogens with zero attached hydrogens (tertiary/aromatic N) is 1. The number of rotatable bonds is 11. The van der Waals surface area contributed by atoms with Gasteiger partial charge >= 0.3 is 0 Å². The molecule has 0 radical (unpaired) electrons. The molecule has 1 atom stereocenters. The molecular weight excluding hydrogens is 216 g/mol. The molecule has 0 spiro atoms. The first-order chi connectivity index (χ1) is 8.27. The van der Waals surface area contributed by atoms with Crippen LogP contribution in [0.15, 0.2) is 0 Å². The lowest BCUT2D eigenvalue weighted by Crippen LogP contribution is -2.42. The molecule has 0 aromatic carbocycles. The Morgan fingerprint density at radius 2 is 2.00 bits per heavy atom. The van der Waals surface area contributed by atoms with E-state index in [0.717, 1.165) is 38.8 Å². The molecule has 4 nitrogen and oxygen atoms in total. The molecule has 0 saturated heterocycles. The topological polar surface area (TPSA) is 33.7 Å². The van der Waals surface area contributed by atoms with Gasteiger partial charge in [-0.1, -0.05) is 0 Å². The van der Waals surface area contributed by atoms with Gasteiger partial charge in [0.25, 0.3) is 0 Å². The second kappa shape index (κ2) is 8.86. The minimum Gasteiger partial charge on any atom is -0.383 e. The normalized spacial score (nSPS) is 17.6. The van der Waals surface area contributed by atoms with Crippen molar-refractivity contribution in [2.75, 3.05) is 53.6 Å². The van der Waals surface area contributed by atoms with Crippen LogP contribution in [0.1, 0.15) is 19.8 Å². The van der Waals surface area contributed by atoms with Crippen molar-refractivity contribution in [2.45, 2.75) is 25.8 Å². The molecule has 0 aliphatic heterocycles. The third kappa shape index (κ3) is 6.99. The molecule has 0 heterocycles. The van der Waals surface area contributed by atoms with Crippen LogP contribution in [0.5, 0.6) is 0 Å². The zero-order chi connectivity index (χ0) is 12.5. The summed E-state index contributed by atoms with van der Waals surface area (Å²) >= 11 is 0.